The number of benzene rings is 3. The highest BCUT2D eigenvalue weighted by molar-refractivity contribution is 6.43. The van der Waals surface area contributed by atoms with Crippen molar-refractivity contribution < 1.29 is 39.1 Å². The Bertz CT molecular complexity index is 1950. The molecule has 5 N–H and O–H groups in total. The van der Waals surface area contributed by atoms with E-state index in [1.54, 1.807) is 34.9 Å². The molecule has 1 saturated heterocycles. The number of aromatic amines is 1. The minimum atomic E-state index is -1.55. The van der Waals surface area contributed by atoms with Crippen LogP contribution in [0.2, 0.25) is 10.0 Å². The number of H-pyrrole nitrogens is 1. The van der Waals surface area contributed by atoms with Crippen molar-refractivity contribution >= 4 is 78.6 Å². The Kier molecular flexibility index (Phi) is 6.00. The molecule has 0 saturated carbocycles. The number of aliphatic hydroxyl groups excluding tert-OH is 3. The van der Waals surface area contributed by atoms with Crippen molar-refractivity contribution in [2.24, 2.45) is 0 Å². The number of hydrogen-bond acceptors (Lipinski definition) is 8. The Hall–Kier alpha value is -3.42. The molecular formula is C28H23Cl2N3O8. The molecule has 2 aliphatic heterocycles. The van der Waals surface area contributed by atoms with Gasteiger partial charge >= 0.3 is 0 Å². The van der Waals surface area contributed by atoms with Crippen LogP contribution in [0.1, 0.15) is 26.9 Å². The molecule has 0 spiro atoms. The summed E-state index contributed by atoms with van der Waals surface area (Å²) in [5.74, 6) is -0.790. The fourth-order valence-electron chi connectivity index (χ4n) is 6.36. The van der Waals surface area contributed by atoms with E-state index < -0.39 is 49.1 Å². The Morgan fingerprint density at radius 2 is 1.68 bits per heavy atom. The first kappa shape index (κ1) is 26.5. The molecule has 2 aliphatic rings. The maximum atomic E-state index is 13.4. The van der Waals surface area contributed by atoms with Gasteiger partial charge in [0.1, 0.15) is 30.2 Å². The van der Waals surface area contributed by atoms with Gasteiger partial charge in [-0.1, -0.05) is 35.3 Å². The van der Waals surface area contributed by atoms with Crippen LogP contribution in [-0.4, -0.2) is 81.9 Å². The third kappa shape index (κ3) is 3.45. The molecule has 41 heavy (non-hydrogen) atoms. The van der Waals surface area contributed by atoms with Crippen molar-refractivity contribution in [2.75, 3.05) is 20.8 Å². The lowest BCUT2D eigenvalue weighted by Gasteiger charge is -2.42. The number of nitrogens with zero attached hydrogens (tertiary/aromatic N) is 1. The van der Waals surface area contributed by atoms with Gasteiger partial charge in [0.2, 0.25) is 0 Å². The van der Waals surface area contributed by atoms with Crippen molar-refractivity contribution in [3.05, 3.63) is 51.5 Å². The number of fused-ring (bicyclic) bond motifs is 10. The SMILES string of the molecule is COc1cc(Cl)c2c(c1)c1c3c(c4c5cccc(Cl)c5[nH]c4c1n2[C@@H]1O[C@H](CO)[C@@H](OC)[C@H](O)[C@H]1O)C(=O)NC3=O. The van der Waals surface area contributed by atoms with E-state index in [1.165, 1.54) is 14.2 Å². The maximum absolute atomic E-state index is 13.4. The first-order chi connectivity index (χ1) is 19.7. The Balaban J connectivity index is 1.73. The van der Waals surface area contributed by atoms with Crippen molar-refractivity contribution in [1.29, 1.82) is 0 Å². The molecule has 212 valence electrons. The molecule has 0 radical (unpaired) electrons. The quantitative estimate of drug-likeness (QED) is 0.197. The fourth-order valence-corrected chi connectivity index (χ4v) is 6.89. The van der Waals surface area contributed by atoms with E-state index in [2.05, 4.69) is 10.3 Å². The molecule has 2 amide bonds. The number of aliphatic hydroxyl groups is 3. The Morgan fingerprint density at radius 3 is 2.37 bits per heavy atom. The van der Waals surface area contributed by atoms with Crippen LogP contribution in [0.4, 0.5) is 0 Å². The average molecular weight is 600 g/mol. The summed E-state index contributed by atoms with van der Waals surface area (Å²) in [4.78, 5) is 30.0. The average Bonchev–Trinajstić information content (AvgIpc) is 3.60. The summed E-state index contributed by atoms with van der Waals surface area (Å²) in [6.07, 6.45) is -6.34. The van der Waals surface area contributed by atoms with Crippen molar-refractivity contribution in [3.8, 4) is 5.75 Å². The number of amides is 2. The first-order valence-corrected chi connectivity index (χ1v) is 13.4. The molecule has 7 rings (SSSR count). The minimum absolute atomic E-state index is 0.116. The van der Waals surface area contributed by atoms with Crippen LogP contribution in [0.25, 0.3) is 43.6 Å². The second-order valence-corrected chi connectivity index (χ2v) is 10.9. The molecule has 5 aromatic rings. The smallest absolute Gasteiger partial charge is 0.259 e. The van der Waals surface area contributed by atoms with Crippen LogP contribution in [0.3, 0.4) is 0 Å². The number of carbonyl (C=O) groups excluding carboxylic acids is 2. The lowest BCUT2D eigenvalue weighted by atomic mass is 9.96. The largest absolute Gasteiger partial charge is 0.497 e. The van der Waals surface area contributed by atoms with Crippen LogP contribution >= 0.6 is 23.2 Å². The molecular weight excluding hydrogens is 577 g/mol. The Labute approximate surface area is 241 Å². The summed E-state index contributed by atoms with van der Waals surface area (Å²) >= 11 is 13.4. The summed E-state index contributed by atoms with van der Waals surface area (Å²) in [5.41, 5.74) is 1.96. The van der Waals surface area contributed by atoms with E-state index in [9.17, 15) is 24.9 Å². The van der Waals surface area contributed by atoms with Crippen molar-refractivity contribution in [1.82, 2.24) is 14.9 Å². The lowest BCUT2D eigenvalue weighted by molar-refractivity contribution is -0.255. The standard InChI is InChI=1S/C28H23Cl2N3O8/c1-39-9-6-11-16-18-17(26(37)32-27(18)38)15-10-4-3-5-12(29)19(10)31-20(15)22(16)33(21(11)13(30)7-9)28-24(36)23(35)25(40-2)14(8-34)41-28/h3-7,14,23-25,28,31,34-36H,8H2,1-2H3,(H,32,37,38)/t14-,23-,24-,25-,28-/m1/s1. The number of hydrogen-bond donors (Lipinski definition) is 5. The van der Waals surface area contributed by atoms with E-state index >= 15 is 0 Å². The van der Waals surface area contributed by atoms with Crippen LogP contribution in [0.15, 0.2) is 30.3 Å². The number of carbonyl (C=O) groups is 2. The van der Waals surface area contributed by atoms with E-state index in [-0.39, 0.29) is 16.1 Å². The number of halogens is 2. The second kappa shape index (κ2) is 9.30. The highest BCUT2D eigenvalue weighted by Gasteiger charge is 2.47. The van der Waals surface area contributed by atoms with Gasteiger partial charge in [-0.05, 0) is 12.1 Å². The topological polar surface area (TPSA) is 155 Å². The zero-order chi connectivity index (χ0) is 28.9. The molecule has 11 nitrogen and oxygen atoms in total. The van der Waals surface area contributed by atoms with Gasteiger partial charge in [-0.3, -0.25) is 14.9 Å². The fraction of sp³-hybridized carbons (Fsp3) is 0.286. The molecule has 13 heteroatoms. The van der Waals surface area contributed by atoms with E-state index in [0.29, 0.717) is 54.4 Å². The van der Waals surface area contributed by atoms with E-state index in [4.69, 9.17) is 37.4 Å². The van der Waals surface area contributed by atoms with Crippen molar-refractivity contribution in [2.45, 2.75) is 30.6 Å². The van der Waals surface area contributed by atoms with Gasteiger partial charge in [-0.15, -0.1) is 0 Å². The van der Waals surface area contributed by atoms with Gasteiger partial charge in [0, 0.05) is 34.7 Å². The molecule has 0 bridgehead atoms. The zero-order valence-electron chi connectivity index (χ0n) is 21.6. The monoisotopic (exact) mass is 599 g/mol. The minimum Gasteiger partial charge on any atom is -0.497 e. The maximum Gasteiger partial charge on any atom is 0.259 e. The molecule has 1 fully saturated rings. The number of aromatic nitrogens is 2. The molecule has 5 atom stereocenters. The molecule has 0 unspecified atom stereocenters. The van der Waals surface area contributed by atoms with Gasteiger partial charge in [-0.25, -0.2) is 0 Å². The highest BCUT2D eigenvalue weighted by Crippen LogP contribution is 2.48. The number of ether oxygens (including phenoxy) is 3. The summed E-state index contributed by atoms with van der Waals surface area (Å²) in [5, 5.41) is 37.3. The van der Waals surface area contributed by atoms with Crippen LogP contribution < -0.4 is 10.1 Å². The summed E-state index contributed by atoms with van der Waals surface area (Å²) in [7, 11) is 2.81. The second-order valence-electron chi connectivity index (χ2n) is 10.1. The van der Waals surface area contributed by atoms with Gasteiger partial charge in [-0.2, -0.15) is 0 Å². The van der Waals surface area contributed by atoms with Crippen LogP contribution in [0, 0.1) is 0 Å². The summed E-state index contributed by atoms with van der Waals surface area (Å²) in [6, 6.07) is 8.45. The Morgan fingerprint density at radius 1 is 0.951 bits per heavy atom. The number of methoxy groups -OCH3 is 2. The number of para-hydroxylation sites is 1. The predicted octanol–water partition coefficient (Wildman–Crippen LogP) is 3.25. The number of rotatable bonds is 4. The van der Waals surface area contributed by atoms with E-state index in [1.807, 2.05) is 0 Å². The zero-order valence-corrected chi connectivity index (χ0v) is 23.1. The molecule has 2 aromatic heterocycles. The van der Waals surface area contributed by atoms with Gasteiger partial charge in [0.05, 0.1) is 57.0 Å². The lowest BCUT2D eigenvalue weighted by Crippen LogP contribution is -2.57. The van der Waals surface area contributed by atoms with Crippen LogP contribution in [-0.2, 0) is 9.47 Å². The number of imide groups is 1. The third-order valence-corrected chi connectivity index (χ3v) is 8.68. The number of nitrogens with one attached hydrogen (secondary N) is 2. The van der Waals surface area contributed by atoms with E-state index in [0.717, 1.165) is 0 Å². The first-order valence-electron chi connectivity index (χ1n) is 12.7. The highest BCUT2D eigenvalue weighted by atomic mass is 35.5. The van der Waals surface area contributed by atoms with Crippen molar-refractivity contribution in [3.63, 3.8) is 0 Å². The van der Waals surface area contributed by atoms with Crippen LogP contribution in [0.5, 0.6) is 5.75 Å². The molecule has 0 aliphatic carbocycles. The molecule has 3 aromatic carbocycles. The van der Waals surface area contributed by atoms with Gasteiger partial charge < -0.3 is 39.1 Å². The predicted molar refractivity (Wildman–Crippen MR) is 151 cm³/mol. The third-order valence-electron chi connectivity index (χ3n) is 8.08. The molecule has 4 heterocycles. The summed E-state index contributed by atoms with van der Waals surface area (Å²) in [6.45, 7) is -0.513. The normalized spacial score (nSPS) is 24.6. The van der Waals surface area contributed by atoms with Gasteiger partial charge in [0.15, 0.2) is 6.23 Å². The summed E-state index contributed by atoms with van der Waals surface area (Å²) < 4.78 is 18.6. The van der Waals surface area contributed by atoms with Gasteiger partial charge in [0.25, 0.3) is 11.8 Å².